The first-order valence-electron chi connectivity index (χ1n) is 11.9. The molecule has 0 unspecified atom stereocenters. The maximum atomic E-state index is 13.6. The van der Waals surface area contributed by atoms with E-state index >= 15 is 0 Å². The predicted octanol–water partition coefficient (Wildman–Crippen LogP) is 4.93. The van der Waals surface area contributed by atoms with E-state index in [0.717, 1.165) is 27.1 Å². The minimum atomic E-state index is -0.0580. The molecular formula is C28H29N3O3S. The lowest BCUT2D eigenvalue weighted by atomic mass is 9.95. The van der Waals surface area contributed by atoms with Crippen LogP contribution in [0.5, 0.6) is 5.75 Å². The van der Waals surface area contributed by atoms with Crippen molar-refractivity contribution in [3.05, 3.63) is 88.9 Å². The summed E-state index contributed by atoms with van der Waals surface area (Å²) in [6.45, 7) is 2.32. The average Bonchev–Trinajstić information content (AvgIpc) is 3.50. The van der Waals surface area contributed by atoms with Crippen LogP contribution in [0.1, 0.15) is 34.5 Å². The normalized spacial score (nSPS) is 14.3. The Kier molecular flexibility index (Phi) is 6.86. The lowest BCUT2D eigenvalue weighted by Crippen LogP contribution is -2.43. The van der Waals surface area contributed by atoms with Crippen molar-refractivity contribution < 1.29 is 14.3 Å². The monoisotopic (exact) mass is 487 g/mol. The zero-order valence-electron chi connectivity index (χ0n) is 19.8. The Morgan fingerprint density at radius 1 is 1.00 bits per heavy atom. The first-order valence-corrected chi connectivity index (χ1v) is 12.8. The standard InChI is InChI=1S/C28H29N3O3S/c1-34-23-9-7-21(8-10-23)19-31-24-13-16-35-26(24)17-25(31)28(33)30-14-11-22(12-15-30)27(32)29-18-20-5-3-2-4-6-20/h2-10,13,16-17,22H,11-12,14-15,18-19H2,1H3,(H,29,32). The van der Waals surface area contributed by atoms with E-state index in [2.05, 4.69) is 21.3 Å². The Balaban J connectivity index is 1.24. The highest BCUT2D eigenvalue weighted by Crippen LogP contribution is 2.28. The van der Waals surface area contributed by atoms with Crippen LogP contribution in [0.3, 0.4) is 0 Å². The van der Waals surface area contributed by atoms with Gasteiger partial charge >= 0.3 is 0 Å². The van der Waals surface area contributed by atoms with Crippen molar-refractivity contribution in [1.29, 1.82) is 0 Å². The molecule has 0 saturated carbocycles. The van der Waals surface area contributed by atoms with Crippen LogP contribution >= 0.6 is 11.3 Å². The van der Waals surface area contributed by atoms with Crippen molar-refractivity contribution >= 4 is 33.4 Å². The zero-order chi connectivity index (χ0) is 24.2. The van der Waals surface area contributed by atoms with Crippen LogP contribution in [-0.2, 0) is 17.9 Å². The summed E-state index contributed by atoms with van der Waals surface area (Å²) in [6, 6.07) is 22.0. The van der Waals surface area contributed by atoms with E-state index in [1.54, 1.807) is 18.4 Å². The number of carbonyl (C=O) groups excluding carboxylic acids is 2. The Morgan fingerprint density at radius 2 is 1.74 bits per heavy atom. The molecule has 2 amide bonds. The Labute approximate surface area is 209 Å². The van der Waals surface area contributed by atoms with Crippen molar-refractivity contribution in [2.75, 3.05) is 20.2 Å². The fourth-order valence-corrected chi connectivity index (χ4v) is 5.50. The van der Waals surface area contributed by atoms with Crippen LogP contribution in [0.4, 0.5) is 0 Å². The highest BCUT2D eigenvalue weighted by atomic mass is 32.1. The van der Waals surface area contributed by atoms with E-state index in [9.17, 15) is 9.59 Å². The molecule has 0 spiro atoms. The molecule has 35 heavy (non-hydrogen) atoms. The van der Waals surface area contributed by atoms with Gasteiger partial charge in [-0.3, -0.25) is 9.59 Å². The van der Waals surface area contributed by atoms with Gasteiger partial charge in [0.1, 0.15) is 11.4 Å². The van der Waals surface area contributed by atoms with Crippen molar-refractivity contribution in [2.24, 2.45) is 5.92 Å². The molecule has 180 valence electrons. The van der Waals surface area contributed by atoms with Gasteiger partial charge in [0.15, 0.2) is 0 Å². The molecule has 2 aromatic carbocycles. The molecule has 2 aromatic heterocycles. The summed E-state index contributed by atoms with van der Waals surface area (Å²) in [5.41, 5.74) is 3.97. The lowest BCUT2D eigenvalue weighted by molar-refractivity contribution is -0.126. The highest BCUT2D eigenvalue weighted by Gasteiger charge is 2.29. The Morgan fingerprint density at radius 3 is 2.46 bits per heavy atom. The maximum Gasteiger partial charge on any atom is 0.270 e. The minimum absolute atomic E-state index is 0.0325. The summed E-state index contributed by atoms with van der Waals surface area (Å²) in [5.74, 6) is 0.862. The second-order valence-corrected chi connectivity index (χ2v) is 9.85. The number of nitrogens with zero attached hydrogens (tertiary/aromatic N) is 2. The van der Waals surface area contributed by atoms with E-state index in [1.165, 1.54) is 0 Å². The molecule has 0 radical (unpaired) electrons. The van der Waals surface area contributed by atoms with Crippen LogP contribution < -0.4 is 10.1 Å². The molecule has 1 saturated heterocycles. The maximum absolute atomic E-state index is 13.6. The molecule has 1 fully saturated rings. The van der Waals surface area contributed by atoms with Gasteiger partial charge in [0, 0.05) is 32.1 Å². The van der Waals surface area contributed by atoms with Crippen molar-refractivity contribution in [1.82, 2.24) is 14.8 Å². The number of thiophene rings is 1. The van der Waals surface area contributed by atoms with Crippen molar-refractivity contribution in [3.8, 4) is 5.75 Å². The third-order valence-electron chi connectivity index (χ3n) is 6.70. The number of hydrogen-bond acceptors (Lipinski definition) is 4. The van der Waals surface area contributed by atoms with Gasteiger partial charge in [-0.05, 0) is 53.6 Å². The van der Waals surface area contributed by atoms with E-state index in [4.69, 9.17) is 4.74 Å². The molecule has 0 atom stereocenters. The summed E-state index contributed by atoms with van der Waals surface area (Å²) in [5, 5.41) is 5.11. The summed E-state index contributed by atoms with van der Waals surface area (Å²) >= 11 is 1.65. The van der Waals surface area contributed by atoms with Crippen molar-refractivity contribution in [2.45, 2.75) is 25.9 Å². The first kappa shape index (κ1) is 23.2. The van der Waals surface area contributed by atoms with Gasteiger partial charge in [-0.2, -0.15) is 0 Å². The van der Waals surface area contributed by atoms with Gasteiger partial charge in [-0.25, -0.2) is 0 Å². The number of hydrogen-bond donors (Lipinski definition) is 1. The Bertz CT molecular complexity index is 1300. The smallest absolute Gasteiger partial charge is 0.270 e. The molecule has 7 heteroatoms. The number of methoxy groups -OCH3 is 1. The molecule has 1 aliphatic heterocycles. The van der Waals surface area contributed by atoms with Crippen molar-refractivity contribution in [3.63, 3.8) is 0 Å². The molecule has 0 bridgehead atoms. The zero-order valence-corrected chi connectivity index (χ0v) is 20.6. The molecular weight excluding hydrogens is 458 g/mol. The molecule has 5 rings (SSSR count). The number of nitrogens with one attached hydrogen (secondary N) is 1. The van der Waals surface area contributed by atoms with Crippen LogP contribution in [0.2, 0.25) is 0 Å². The second-order valence-electron chi connectivity index (χ2n) is 8.90. The van der Waals surface area contributed by atoms with Crippen LogP contribution in [0.15, 0.2) is 72.1 Å². The van der Waals surface area contributed by atoms with Gasteiger partial charge in [0.25, 0.3) is 5.91 Å². The second kappa shape index (κ2) is 10.4. The number of ether oxygens (including phenoxy) is 1. The van der Waals surface area contributed by atoms with Gasteiger partial charge in [0.2, 0.25) is 5.91 Å². The molecule has 3 heterocycles. The third kappa shape index (κ3) is 5.10. The van der Waals surface area contributed by atoms with E-state index in [-0.39, 0.29) is 17.7 Å². The van der Waals surface area contributed by atoms with E-state index in [0.29, 0.717) is 44.7 Å². The number of aromatic nitrogens is 1. The molecule has 0 aliphatic carbocycles. The summed E-state index contributed by atoms with van der Waals surface area (Å²) < 4.78 is 8.49. The number of fused-ring (bicyclic) bond motifs is 1. The summed E-state index contributed by atoms with van der Waals surface area (Å²) in [6.07, 6.45) is 1.36. The fraction of sp³-hybridized carbons (Fsp3) is 0.286. The molecule has 1 aliphatic rings. The number of benzene rings is 2. The number of likely N-dealkylation sites (tertiary alicyclic amines) is 1. The first-order chi connectivity index (χ1) is 17.1. The van der Waals surface area contributed by atoms with Crippen LogP contribution in [0, 0.1) is 5.92 Å². The van der Waals surface area contributed by atoms with Gasteiger partial charge < -0.3 is 19.5 Å². The third-order valence-corrected chi connectivity index (χ3v) is 7.56. The lowest BCUT2D eigenvalue weighted by Gasteiger charge is -2.31. The minimum Gasteiger partial charge on any atom is -0.497 e. The topological polar surface area (TPSA) is 63.6 Å². The fourth-order valence-electron chi connectivity index (χ4n) is 4.67. The predicted molar refractivity (Wildman–Crippen MR) is 139 cm³/mol. The number of rotatable bonds is 7. The number of carbonyl (C=O) groups is 2. The largest absolute Gasteiger partial charge is 0.497 e. The van der Waals surface area contributed by atoms with Gasteiger partial charge in [-0.15, -0.1) is 11.3 Å². The van der Waals surface area contributed by atoms with E-state index < -0.39 is 0 Å². The SMILES string of the molecule is COc1ccc(Cn2c(C(=O)N3CCC(C(=O)NCc4ccccc4)CC3)cc3sccc32)cc1. The molecule has 6 nitrogen and oxygen atoms in total. The van der Waals surface area contributed by atoms with Crippen LogP contribution in [0.25, 0.3) is 10.2 Å². The van der Waals surface area contributed by atoms with Gasteiger partial charge in [-0.1, -0.05) is 42.5 Å². The van der Waals surface area contributed by atoms with Gasteiger partial charge in [0.05, 0.1) is 17.3 Å². The van der Waals surface area contributed by atoms with E-state index in [1.807, 2.05) is 65.6 Å². The number of amides is 2. The summed E-state index contributed by atoms with van der Waals surface area (Å²) in [4.78, 5) is 28.1. The molecule has 1 N–H and O–H groups in total. The summed E-state index contributed by atoms with van der Waals surface area (Å²) in [7, 11) is 1.66. The average molecular weight is 488 g/mol. The van der Waals surface area contributed by atoms with Crippen LogP contribution in [-0.4, -0.2) is 41.5 Å². The number of piperidine rings is 1. The quantitative estimate of drug-likeness (QED) is 0.402. The Hall–Kier alpha value is -3.58. The highest BCUT2D eigenvalue weighted by molar-refractivity contribution is 7.17. The molecule has 4 aromatic rings.